The lowest BCUT2D eigenvalue weighted by Crippen LogP contribution is -2.42. The lowest BCUT2D eigenvalue weighted by Gasteiger charge is -2.18. The number of carbonyl (C=O) groups is 2. The summed E-state index contributed by atoms with van der Waals surface area (Å²) in [4.78, 5) is 30.3. The Morgan fingerprint density at radius 3 is 2.53 bits per heavy atom. The number of amides is 1. The van der Waals surface area contributed by atoms with Crippen molar-refractivity contribution in [3.63, 3.8) is 0 Å². The number of hydrogen-bond acceptors (Lipinski definition) is 6. The van der Waals surface area contributed by atoms with Crippen LogP contribution >= 0.6 is 23.1 Å². The minimum absolute atomic E-state index is 0.163. The Kier molecular flexibility index (Phi) is 8.76. The first kappa shape index (κ1) is 27.3. The van der Waals surface area contributed by atoms with Gasteiger partial charge in [-0.1, -0.05) is 42.8 Å². The number of rotatable bonds is 10. The summed E-state index contributed by atoms with van der Waals surface area (Å²) in [5.74, 6) is -0.692. The molecule has 0 aliphatic heterocycles. The van der Waals surface area contributed by atoms with Crippen LogP contribution in [0.3, 0.4) is 0 Å². The highest BCUT2D eigenvalue weighted by atomic mass is 35.5. The first-order valence-electron chi connectivity index (χ1n) is 12.3. The highest BCUT2D eigenvalue weighted by Gasteiger charge is 2.23. The Balaban J connectivity index is 1.41. The number of anilines is 1. The van der Waals surface area contributed by atoms with Crippen LogP contribution in [-0.4, -0.2) is 32.4 Å². The van der Waals surface area contributed by atoms with E-state index in [4.69, 9.17) is 11.6 Å². The van der Waals surface area contributed by atoms with Gasteiger partial charge in [-0.3, -0.25) is 4.79 Å². The van der Waals surface area contributed by atoms with Gasteiger partial charge in [0.2, 0.25) is 0 Å². The van der Waals surface area contributed by atoms with E-state index in [1.54, 1.807) is 25.3 Å². The van der Waals surface area contributed by atoms with Crippen LogP contribution in [-0.2, 0) is 24.2 Å². The minimum atomic E-state index is -1.09. The van der Waals surface area contributed by atoms with Crippen molar-refractivity contribution in [3.05, 3.63) is 99.3 Å². The van der Waals surface area contributed by atoms with Gasteiger partial charge in [-0.2, -0.15) is 4.37 Å². The van der Waals surface area contributed by atoms with Gasteiger partial charge in [0.05, 0.1) is 17.1 Å². The summed E-state index contributed by atoms with van der Waals surface area (Å²) in [6, 6.07) is 16.0. The van der Waals surface area contributed by atoms with Crippen molar-refractivity contribution in [1.29, 1.82) is 0 Å². The molecule has 1 unspecified atom stereocenters. The van der Waals surface area contributed by atoms with Crippen LogP contribution in [0.2, 0.25) is 5.02 Å². The lowest BCUT2D eigenvalue weighted by molar-refractivity contribution is -0.139. The molecule has 2 heterocycles. The summed E-state index contributed by atoms with van der Waals surface area (Å²) in [5.41, 5.74) is 5.83. The molecule has 0 aliphatic rings. The van der Waals surface area contributed by atoms with Gasteiger partial charge < -0.3 is 15.7 Å². The van der Waals surface area contributed by atoms with E-state index in [0.29, 0.717) is 23.6 Å². The molecule has 0 radical (unpaired) electrons. The molecule has 0 aliphatic carbocycles. The summed E-state index contributed by atoms with van der Waals surface area (Å²) in [7, 11) is 0. The summed E-state index contributed by atoms with van der Waals surface area (Å²) in [6.07, 6.45) is 2.55. The average Bonchev–Trinajstić information content (AvgIpc) is 3.36. The summed E-state index contributed by atoms with van der Waals surface area (Å²) < 4.78 is 4.53. The molecule has 0 saturated carbocycles. The fourth-order valence-corrected chi connectivity index (χ4v) is 5.29. The summed E-state index contributed by atoms with van der Waals surface area (Å²) in [5, 5.41) is 16.3. The number of halogens is 1. The highest BCUT2D eigenvalue weighted by Crippen LogP contribution is 2.26. The van der Waals surface area contributed by atoms with Gasteiger partial charge in [-0.25, -0.2) is 9.78 Å². The highest BCUT2D eigenvalue weighted by molar-refractivity contribution is 7.09. The van der Waals surface area contributed by atoms with Crippen molar-refractivity contribution < 1.29 is 14.7 Å². The maximum absolute atomic E-state index is 13.0. The lowest BCUT2D eigenvalue weighted by atomic mass is 9.98. The van der Waals surface area contributed by atoms with E-state index >= 15 is 0 Å². The number of aromatic nitrogens is 2. The number of carboxylic acids is 1. The molecule has 2 aromatic carbocycles. The fraction of sp³-hybridized carbons (Fsp3) is 0.241. The molecule has 4 aromatic rings. The number of nitrogens with one attached hydrogen (secondary N) is 2. The first-order chi connectivity index (χ1) is 18.2. The molecule has 0 fully saturated rings. The van der Waals surface area contributed by atoms with Gasteiger partial charge in [-0.15, -0.1) is 0 Å². The van der Waals surface area contributed by atoms with E-state index < -0.39 is 17.9 Å². The van der Waals surface area contributed by atoms with Gasteiger partial charge in [-0.05, 0) is 89.9 Å². The van der Waals surface area contributed by atoms with Gasteiger partial charge in [0.1, 0.15) is 11.9 Å². The van der Waals surface area contributed by atoms with Crippen molar-refractivity contribution in [2.75, 3.05) is 5.32 Å². The average molecular weight is 549 g/mol. The molecule has 38 heavy (non-hydrogen) atoms. The second kappa shape index (κ2) is 12.2. The molecule has 0 spiro atoms. The van der Waals surface area contributed by atoms with Crippen LogP contribution < -0.4 is 10.6 Å². The smallest absolute Gasteiger partial charge is 0.326 e. The largest absolute Gasteiger partial charge is 0.480 e. The van der Waals surface area contributed by atoms with E-state index in [1.165, 1.54) is 11.5 Å². The molecule has 2 aromatic heterocycles. The number of benzene rings is 2. The second-order valence-electron chi connectivity index (χ2n) is 9.13. The van der Waals surface area contributed by atoms with E-state index in [1.807, 2.05) is 56.3 Å². The molecular formula is C29H29ClN4O3S. The predicted molar refractivity (Wildman–Crippen MR) is 152 cm³/mol. The maximum atomic E-state index is 13.0. The van der Waals surface area contributed by atoms with Crippen molar-refractivity contribution in [3.8, 4) is 10.4 Å². The maximum Gasteiger partial charge on any atom is 0.326 e. The van der Waals surface area contributed by atoms with Crippen LogP contribution in [0.1, 0.15) is 45.2 Å². The first-order valence-corrected chi connectivity index (χ1v) is 13.4. The number of carbonyl (C=O) groups excluding carboxylic acids is 1. The zero-order valence-electron chi connectivity index (χ0n) is 21.4. The standard InChI is InChI=1S/C29H29ClN4O3S/c1-4-20-14-22(30)12-18(3)27(20)28(35)33-24(29(36)37)13-19-5-7-21(8-6-19)25-15-23(34-38-25)16-32-26-11-17(2)9-10-31-26/h5-12,14-15,24H,4,13,16H2,1-3H3,(H,31,32)(H,33,35)(H,36,37). The Morgan fingerprint density at radius 1 is 1.08 bits per heavy atom. The predicted octanol–water partition coefficient (Wildman–Crippen LogP) is 6.08. The molecule has 3 N–H and O–H groups in total. The van der Waals surface area contributed by atoms with Crippen molar-refractivity contribution in [1.82, 2.24) is 14.7 Å². The van der Waals surface area contributed by atoms with Crippen LogP contribution in [0.15, 0.2) is 60.8 Å². The number of carboxylic acid groups (broad SMARTS) is 1. The summed E-state index contributed by atoms with van der Waals surface area (Å²) >= 11 is 7.55. The zero-order chi connectivity index (χ0) is 27.2. The Hall–Kier alpha value is -3.75. The van der Waals surface area contributed by atoms with E-state index in [0.717, 1.165) is 44.2 Å². The van der Waals surface area contributed by atoms with Gasteiger partial charge in [0.25, 0.3) is 5.91 Å². The Morgan fingerprint density at radius 2 is 1.84 bits per heavy atom. The van der Waals surface area contributed by atoms with Crippen molar-refractivity contribution in [2.45, 2.75) is 46.2 Å². The third-order valence-electron chi connectivity index (χ3n) is 6.20. The zero-order valence-corrected chi connectivity index (χ0v) is 23.0. The number of aliphatic carboxylic acids is 1. The third-order valence-corrected chi connectivity index (χ3v) is 7.29. The van der Waals surface area contributed by atoms with Crippen LogP contribution in [0.4, 0.5) is 5.82 Å². The Bertz CT molecular complexity index is 1450. The van der Waals surface area contributed by atoms with Crippen molar-refractivity contribution in [2.24, 2.45) is 0 Å². The molecule has 9 heteroatoms. The third kappa shape index (κ3) is 6.76. The van der Waals surface area contributed by atoms with E-state index in [-0.39, 0.29) is 6.42 Å². The van der Waals surface area contributed by atoms with E-state index in [2.05, 4.69) is 20.0 Å². The van der Waals surface area contributed by atoms with Gasteiger partial charge in [0, 0.05) is 23.2 Å². The topological polar surface area (TPSA) is 104 Å². The van der Waals surface area contributed by atoms with Crippen LogP contribution in [0.5, 0.6) is 0 Å². The molecule has 4 rings (SSSR count). The molecule has 196 valence electrons. The number of nitrogens with zero attached hydrogens (tertiary/aromatic N) is 2. The van der Waals surface area contributed by atoms with E-state index in [9.17, 15) is 14.7 Å². The monoisotopic (exact) mass is 548 g/mol. The molecular weight excluding hydrogens is 520 g/mol. The molecule has 0 saturated heterocycles. The molecule has 1 amide bonds. The number of hydrogen-bond donors (Lipinski definition) is 3. The number of pyridine rings is 1. The van der Waals surface area contributed by atoms with Gasteiger partial charge in [0.15, 0.2) is 0 Å². The van der Waals surface area contributed by atoms with Crippen LogP contribution in [0, 0.1) is 13.8 Å². The molecule has 0 bridgehead atoms. The Labute approximate surface area is 231 Å². The van der Waals surface area contributed by atoms with Crippen LogP contribution in [0.25, 0.3) is 10.4 Å². The molecule has 1 atom stereocenters. The van der Waals surface area contributed by atoms with Crippen molar-refractivity contribution >= 4 is 40.8 Å². The number of aryl methyl sites for hydroxylation is 3. The quantitative estimate of drug-likeness (QED) is 0.222. The second-order valence-corrected chi connectivity index (χ2v) is 10.4. The normalized spacial score (nSPS) is 11.7. The SMILES string of the molecule is CCc1cc(Cl)cc(C)c1C(=O)NC(Cc1ccc(-c2cc(CNc3cc(C)ccn3)ns2)cc1)C(=O)O. The minimum Gasteiger partial charge on any atom is -0.480 e. The fourth-order valence-electron chi connectivity index (χ4n) is 4.23. The van der Waals surface area contributed by atoms with Gasteiger partial charge >= 0.3 is 5.97 Å². The summed E-state index contributed by atoms with van der Waals surface area (Å²) in [6.45, 7) is 6.32. The molecule has 7 nitrogen and oxygen atoms in total.